The standard InChI is InChI=1S/C32H34ClN11O5/c1-49-32(48)36-20-8-9-22-25(13-20)37-24(31(47)43-15-21(45)16-43)5-3-2-4-23(30-39-26(14-34)29(22)40-30)38-28(46)11-6-18-12-19(33)7-10-27(18)44-17-35-41-42-44/h6-14,17,21,23-24,34,37,45H,2-5,15-16H2,1H3,(H,36,48)(H,38,46)(H,39,40)/b11-6+,34-14?/t23-,24+/m0/s1. The molecule has 2 aromatic heterocycles. The minimum atomic E-state index is -0.660. The lowest BCUT2D eigenvalue weighted by molar-refractivity contribution is -0.142. The third-order valence-corrected chi connectivity index (χ3v) is 8.52. The zero-order valence-corrected chi connectivity index (χ0v) is 27.1. The SMILES string of the molecule is COC(=O)Nc1ccc2c(c1)N[C@@H](C(=O)N1CC(O)C1)CCCC[C@H](NC(=O)/C=C/c1cc(Cl)ccc1-n1cnnn1)c1nc-2c(C=N)[nH]1. The van der Waals surface area contributed by atoms with Crippen LogP contribution in [-0.4, -0.2) is 96.6 Å². The Morgan fingerprint density at radius 2 is 1.96 bits per heavy atom. The molecule has 1 fully saturated rings. The number of amides is 3. The number of fused-ring (bicyclic) bond motifs is 4. The number of aliphatic hydroxyl groups excluding tert-OH is 1. The fourth-order valence-corrected chi connectivity index (χ4v) is 5.98. The van der Waals surface area contributed by atoms with E-state index in [-0.39, 0.29) is 24.9 Å². The van der Waals surface area contributed by atoms with Crippen LogP contribution in [-0.2, 0) is 14.3 Å². The predicted octanol–water partition coefficient (Wildman–Crippen LogP) is 3.31. The molecule has 17 heteroatoms. The van der Waals surface area contributed by atoms with Crippen molar-refractivity contribution in [3.63, 3.8) is 0 Å². The first-order valence-electron chi connectivity index (χ1n) is 15.6. The number of aliphatic hydroxyl groups is 1. The number of anilines is 2. The number of rotatable bonds is 7. The second-order valence-corrected chi connectivity index (χ2v) is 12.1. The van der Waals surface area contributed by atoms with E-state index < -0.39 is 24.3 Å². The van der Waals surface area contributed by atoms with Crippen molar-refractivity contribution in [3.8, 4) is 16.9 Å². The third-order valence-electron chi connectivity index (χ3n) is 8.28. The Kier molecular flexibility index (Phi) is 9.96. The summed E-state index contributed by atoms with van der Waals surface area (Å²) in [6, 6.07) is 9.00. The van der Waals surface area contributed by atoms with Gasteiger partial charge >= 0.3 is 6.09 Å². The number of carbonyl (C=O) groups excluding carboxylic acids is 3. The molecule has 16 nitrogen and oxygen atoms in total. The summed E-state index contributed by atoms with van der Waals surface area (Å²) >= 11 is 6.24. The van der Waals surface area contributed by atoms with Crippen molar-refractivity contribution in [2.45, 2.75) is 43.9 Å². The molecule has 0 radical (unpaired) electrons. The summed E-state index contributed by atoms with van der Waals surface area (Å²) in [5, 5.41) is 38.8. The highest BCUT2D eigenvalue weighted by atomic mass is 35.5. The number of benzene rings is 2. The maximum absolute atomic E-state index is 13.5. The van der Waals surface area contributed by atoms with Gasteiger partial charge in [0.25, 0.3) is 0 Å². The van der Waals surface area contributed by atoms with E-state index in [1.807, 2.05) is 0 Å². The summed E-state index contributed by atoms with van der Waals surface area (Å²) in [6.45, 7) is 0.505. The number of tetrazole rings is 1. The van der Waals surface area contributed by atoms with Gasteiger partial charge in [0.15, 0.2) is 0 Å². The molecule has 4 aromatic rings. The van der Waals surface area contributed by atoms with E-state index in [1.54, 1.807) is 47.4 Å². The number of halogens is 1. The van der Waals surface area contributed by atoms with Crippen molar-refractivity contribution in [2.24, 2.45) is 0 Å². The summed E-state index contributed by atoms with van der Waals surface area (Å²) in [7, 11) is 1.26. The first-order valence-corrected chi connectivity index (χ1v) is 15.9. The van der Waals surface area contributed by atoms with E-state index >= 15 is 0 Å². The number of hydrogen-bond acceptors (Lipinski definition) is 11. The van der Waals surface area contributed by atoms with Crippen molar-refractivity contribution in [3.05, 3.63) is 70.9 Å². The lowest BCUT2D eigenvalue weighted by atomic mass is 10.00. The lowest BCUT2D eigenvalue weighted by Crippen LogP contribution is -2.57. The van der Waals surface area contributed by atoms with Gasteiger partial charge in [-0.2, -0.15) is 4.68 Å². The Labute approximate surface area is 285 Å². The second kappa shape index (κ2) is 14.7. The third kappa shape index (κ3) is 7.60. The van der Waals surface area contributed by atoms with Crippen molar-refractivity contribution in [2.75, 3.05) is 30.8 Å². The molecule has 2 bridgehead atoms. The zero-order valence-electron chi connectivity index (χ0n) is 26.4. The Morgan fingerprint density at radius 1 is 1.14 bits per heavy atom. The van der Waals surface area contributed by atoms with Gasteiger partial charge in [-0.25, -0.2) is 9.78 Å². The number of carbonyl (C=O) groups is 3. The van der Waals surface area contributed by atoms with Crippen LogP contribution in [0.3, 0.4) is 0 Å². The molecule has 0 unspecified atom stereocenters. The maximum atomic E-state index is 13.5. The monoisotopic (exact) mass is 687 g/mol. The summed E-state index contributed by atoms with van der Waals surface area (Å²) in [5.41, 5.74) is 3.55. The molecule has 0 saturated carbocycles. The van der Waals surface area contributed by atoms with E-state index in [1.165, 1.54) is 24.2 Å². The molecule has 0 spiro atoms. The Hall–Kier alpha value is -5.61. The molecule has 1 saturated heterocycles. The summed E-state index contributed by atoms with van der Waals surface area (Å²) in [4.78, 5) is 48.5. The minimum Gasteiger partial charge on any atom is -0.453 e. The fraction of sp³-hybridized carbons (Fsp3) is 0.312. The van der Waals surface area contributed by atoms with Crippen LogP contribution in [0, 0.1) is 5.41 Å². The highest BCUT2D eigenvalue weighted by Crippen LogP contribution is 2.35. The average molecular weight is 688 g/mol. The lowest BCUT2D eigenvalue weighted by Gasteiger charge is -2.38. The number of aromatic nitrogens is 6. The van der Waals surface area contributed by atoms with Gasteiger partial charge in [-0.1, -0.05) is 24.4 Å². The zero-order chi connectivity index (χ0) is 34.5. The van der Waals surface area contributed by atoms with Gasteiger partial charge in [-0.05, 0) is 65.7 Å². The molecule has 49 heavy (non-hydrogen) atoms. The van der Waals surface area contributed by atoms with E-state index in [2.05, 4.69) is 36.5 Å². The van der Waals surface area contributed by atoms with Crippen LogP contribution in [0.2, 0.25) is 5.02 Å². The predicted molar refractivity (Wildman–Crippen MR) is 180 cm³/mol. The quantitative estimate of drug-likeness (QED) is 0.123. The van der Waals surface area contributed by atoms with Crippen LogP contribution in [0.4, 0.5) is 16.2 Å². The Morgan fingerprint density at radius 3 is 2.69 bits per heavy atom. The van der Waals surface area contributed by atoms with E-state index in [0.29, 0.717) is 76.1 Å². The van der Waals surface area contributed by atoms with E-state index in [4.69, 9.17) is 26.7 Å². The molecular formula is C32H34ClN11O5. The molecule has 6 rings (SSSR count). The number of imidazole rings is 1. The van der Waals surface area contributed by atoms with Gasteiger partial charge < -0.3 is 35.8 Å². The van der Waals surface area contributed by atoms with Gasteiger partial charge in [0.05, 0.1) is 36.3 Å². The molecule has 2 aromatic carbocycles. The number of β-amino-alcohol motifs (C(OH)–C–C–N with tert-alkyl or cyclic N) is 1. The number of likely N-dealkylation sites (tertiary alicyclic amines) is 1. The molecule has 3 amide bonds. The Balaban J connectivity index is 1.32. The molecular weight excluding hydrogens is 654 g/mol. The average Bonchev–Trinajstić information content (AvgIpc) is 3.77. The number of nitrogens with one attached hydrogen (secondary N) is 5. The number of methoxy groups -OCH3 is 1. The molecule has 2 aliphatic heterocycles. The van der Waals surface area contributed by atoms with Crippen molar-refractivity contribution < 1.29 is 24.2 Å². The van der Waals surface area contributed by atoms with Crippen LogP contribution in [0.1, 0.15) is 48.8 Å². The first-order chi connectivity index (χ1) is 23.7. The van der Waals surface area contributed by atoms with E-state index in [0.717, 1.165) is 6.21 Å². The Bertz CT molecular complexity index is 1890. The fourth-order valence-electron chi connectivity index (χ4n) is 5.80. The first kappa shape index (κ1) is 33.3. The van der Waals surface area contributed by atoms with Gasteiger partial charge in [0.1, 0.15) is 18.2 Å². The smallest absolute Gasteiger partial charge is 0.411 e. The maximum Gasteiger partial charge on any atom is 0.411 e. The topological polar surface area (TPSA) is 216 Å². The van der Waals surface area contributed by atoms with Crippen LogP contribution >= 0.6 is 11.6 Å². The number of hydrogen-bond donors (Lipinski definition) is 6. The molecule has 6 N–H and O–H groups in total. The molecule has 2 atom stereocenters. The van der Waals surface area contributed by atoms with Crippen molar-refractivity contribution in [1.29, 1.82) is 5.41 Å². The highest BCUT2D eigenvalue weighted by Gasteiger charge is 2.34. The minimum absolute atomic E-state index is 0.160. The van der Waals surface area contributed by atoms with Crippen LogP contribution in [0.25, 0.3) is 23.0 Å². The largest absolute Gasteiger partial charge is 0.453 e. The van der Waals surface area contributed by atoms with Gasteiger partial charge in [-0.3, -0.25) is 14.9 Å². The number of ether oxygens (including phenoxy) is 1. The van der Waals surface area contributed by atoms with Crippen molar-refractivity contribution in [1.82, 2.24) is 40.4 Å². The number of aromatic amines is 1. The van der Waals surface area contributed by atoms with Gasteiger partial charge in [-0.15, -0.1) is 5.10 Å². The second-order valence-electron chi connectivity index (χ2n) is 11.6. The van der Waals surface area contributed by atoms with E-state index in [9.17, 15) is 19.5 Å². The highest BCUT2D eigenvalue weighted by molar-refractivity contribution is 6.30. The molecule has 0 aliphatic carbocycles. The number of nitrogens with zero attached hydrogens (tertiary/aromatic N) is 6. The van der Waals surface area contributed by atoms with Gasteiger partial charge in [0.2, 0.25) is 11.8 Å². The van der Waals surface area contributed by atoms with Crippen molar-refractivity contribution >= 4 is 53.2 Å². The number of H-pyrrole nitrogens is 1. The normalized spacial score (nSPS) is 17.9. The van der Waals surface area contributed by atoms with Crippen LogP contribution in [0.5, 0.6) is 0 Å². The molecule has 254 valence electrons. The van der Waals surface area contributed by atoms with Crippen LogP contribution < -0.4 is 16.0 Å². The molecule has 4 heterocycles. The van der Waals surface area contributed by atoms with Crippen LogP contribution in [0.15, 0.2) is 48.8 Å². The summed E-state index contributed by atoms with van der Waals surface area (Å²) in [5.74, 6) is -0.0939. The summed E-state index contributed by atoms with van der Waals surface area (Å²) < 4.78 is 6.22. The van der Waals surface area contributed by atoms with Gasteiger partial charge in [0, 0.05) is 52.9 Å². The molecule has 2 aliphatic rings. The summed E-state index contributed by atoms with van der Waals surface area (Å²) in [6.07, 6.45) is 6.59.